The Morgan fingerprint density at radius 2 is 2.15 bits per heavy atom. The van der Waals surface area contributed by atoms with Crippen LogP contribution < -0.4 is 4.90 Å². The van der Waals surface area contributed by atoms with Crippen LogP contribution in [-0.2, 0) is 11.2 Å². The Bertz CT molecular complexity index is 541. The highest BCUT2D eigenvalue weighted by atomic mass is 32.1. The number of hydrogen-bond acceptors (Lipinski definition) is 5. The second-order valence-corrected chi connectivity index (χ2v) is 7.61. The summed E-state index contributed by atoms with van der Waals surface area (Å²) in [5, 5.41) is 11.2. The number of aliphatic hydroxyl groups is 1. The molecule has 5 nitrogen and oxygen atoms in total. The number of nitrogens with zero attached hydrogens (tertiary/aromatic N) is 3. The molecule has 1 amide bonds. The second kappa shape index (κ2) is 4.70. The first-order valence-corrected chi connectivity index (χ1v) is 7.84. The fraction of sp³-hybridized carbons (Fsp3) is 0.714. The lowest BCUT2D eigenvalue weighted by Gasteiger charge is -2.31. The Labute approximate surface area is 123 Å². The molecule has 1 aromatic heterocycles. The normalized spacial score (nSPS) is 25.8. The molecular weight excluding hydrogens is 274 g/mol. The third kappa shape index (κ3) is 2.42. The number of anilines is 1. The van der Waals surface area contributed by atoms with Crippen LogP contribution in [0.3, 0.4) is 0 Å². The van der Waals surface area contributed by atoms with Crippen LogP contribution in [0.4, 0.5) is 5.13 Å². The number of amides is 1. The summed E-state index contributed by atoms with van der Waals surface area (Å²) in [5.41, 5.74) is 1.11. The summed E-state index contributed by atoms with van der Waals surface area (Å²) >= 11 is 1.55. The molecule has 1 fully saturated rings. The number of carbonyl (C=O) groups excluding carboxylic acids is 1. The summed E-state index contributed by atoms with van der Waals surface area (Å²) in [6.07, 6.45) is 1.27. The molecule has 1 aliphatic carbocycles. The minimum absolute atomic E-state index is 0.0930. The molecule has 0 aromatic carbocycles. The summed E-state index contributed by atoms with van der Waals surface area (Å²) in [4.78, 5) is 21.3. The van der Waals surface area contributed by atoms with E-state index >= 15 is 0 Å². The largest absolute Gasteiger partial charge is 0.387 e. The number of fused-ring (bicyclic) bond motifs is 1. The minimum Gasteiger partial charge on any atom is -0.387 e. The molecule has 2 heterocycles. The molecule has 0 bridgehead atoms. The Balaban J connectivity index is 1.85. The van der Waals surface area contributed by atoms with Crippen molar-refractivity contribution in [2.75, 3.05) is 31.6 Å². The van der Waals surface area contributed by atoms with Crippen molar-refractivity contribution in [3.8, 4) is 0 Å². The van der Waals surface area contributed by atoms with Gasteiger partial charge in [-0.25, -0.2) is 4.98 Å². The minimum atomic E-state index is -0.414. The Hall–Kier alpha value is -1.14. The van der Waals surface area contributed by atoms with Crippen LogP contribution in [0.5, 0.6) is 0 Å². The number of likely N-dealkylation sites (N-methyl/N-ethyl adjacent to an activating group) is 1. The predicted molar refractivity (Wildman–Crippen MR) is 79.0 cm³/mol. The van der Waals surface area contributed by atoms with Crippen molar-refractivity contribution >= 4 is 22.4 Å². The van der Waals surface area contributed by atoms with Gasteiger partial charge in [0.1, 0.15) is 0 Å². The van der Waals surface area contributed by atoms with E-state index < -0.39 is 6.10 Å². The highest BCUT2D eigenvalue weighted by molar-refractivity contribution is 7.15. The van der Waals surface area contributed by atoms with Gasteiger partial charge >= 0.3 is 0 Å². The third-order valence-corrected chi connectivity index (χ3v) is 5.40. The molecule has 0 saturated carbocycles. The van der Waals surface area contributed by atoms with Gasteiger partial charge in [-0.2, -0.15) is 0 Å². The molecule has 1 unspecified atom stereocenters. The molecular formula is C14H21N3O2S. The van der Waals surface area contributed by atoms with Gasteiger partial charge in [0.25, 0.3) is 0 Å². The van der Waals surface area contributed by atoms with E-state index in [2.05, 4.69) is 13.8 Å². The van der Waals surface area contributed by atoms with Crippen molar-refractivity contribution in [1.29, 1.82) is 0 Å². The van der Waals surface area contributed by atoms with Crippen molar-refractivity contribution < 1.29 is 9.90 Å². The Morgan fingerprint density at radius 1 is 1.40 bits per heavy atom. The van der Waals surface area contributed by atoms with Gasteiger partial charge in [-0.05, 0) is 18.3 Å². The maximum Gasteiger partial charge on any atom is 0.241 e. The zero-order valence-electron chi connectivity index (χ0n) is 12.2. The first kappa shape index (κ1) is 13.8. The van der Waals surface area contributed by atoms with Gasteiger partial charge in [-0.1, -0.05) is 25.2 Å². The average molecular weight is 295 g/mol. The van der Waals surface area contributed by atoms with E-state index in [1.54, 1.807) is 16.2 Å². The van der Waals surface area contributed by atoms with Crippen molar-refractivity contribution in [2.45, 2.75) is 32.8 Å². The van der Waals surface area contributed by atoms with Gasteiger partial charge in [0.05, 0.1) is 23.2 Å². The molecule has 1 N–H and O–H groups in total. The number of thiazole rings is 1. The molecule has 0 spiro atoms. The molecule has 1 atom stereocenters. The lowest BCUT2D eigenvalue weighted by atomic mass is 9.77. The lowest BCUT2D eigenvalue weighted by molar-refractivity contribution is -0.129. The van der Waals surface area contributed by atoms with E-state index in [0.717, 1.165) is 41.6 Å². The SMILES string of the molecule is CN1CCN(c2nc3c(s2)C(O)CC(C)(C)C3)CC1=O. The molecule has 2 aliphatic rings. The van der Waals surface area contributed by atoms with Gasteiger partial charge < -0.3 is 14.9 Å². The monoisotopic (exact) mass is 295 g/mol. The van der Waals surface area contributed by atoms with Gasteiger partial charge in [-0.3, -0.25) is 4.79 Å². The third-order valence-electron chi connectivity index (χ3n) is 4.14. The van der Waals surface area contributed by atoms with Gasteiger partial charge in [0, 0.05) is 20.1 Å². The smallest absolute Gasteiger partial charge is 0.241 e. The molecule has 20 heavy (non-hydrogen) atoms. The fourth-order valence-electron chi connectivity index (χ4n) is 2.94. The quantitative estimate of drug-likeness (QED) is 0.851. The van der Waals surface area contributed by atoms with Gasteiger partial charge in [0.2, 0.25) is 5.91 Å². The summed E-state index contributed by atoms with van der Waals surface area (Å²) < 4.78 is 0. The molecule has 110 valence electrons. The van der Waals surface area contributed by atoms with Crippen LogP contribution in [0, 0.1) is 5.41 Å². The van der Waals surface area contributed by atoms with Crippen LogP contribution in [0.25, 0.3) is 0 Å². The number of carbonyl (C=O) groups is 1. The maximum absolute atomic E-state index is 11.8. The number of rotatable bonds is 1. The Kier molecular flexibility index (Phi) is 3.25. The van der Waals surface area contributed by atoms with E-state index in [4.69, 9.17) is 4.98 Å². The molecule has 1 saturated heterocycles. The highest BCUT2D eigenvalue weighted by Crippen LogP contribution is 2.44. The summed E-state index contributed by atoms with van der Waals surface area (Å²) in [7, 11) is 1.83. The predicted octanol–water partition coefficient (Wildman–Crippen LogP) is 1.43. The molecule has 3 rings (SSSR count). The number of piperazine rings is 1. The zero-order valence-corrected chi connectivity index (χ0v) is 13.0. The van der Waals surface area contributed by atoms with Crippen LogP contribution in [0.15, 0.2) is 0 Å². The topological polar surface area (TPSA) is 56.7 Å². The molecule has 6 heteroatoms. The second-order valence-electron chi connectivity index (χ2n) is 6.61. The fourth-order valence-corrected chi connectivity index (χ4v) is 4.03. The Morgan fingerprint density at radius 3 is 2.85 bits per heavy atom. The van der Waals surface area contributed by atoms with Crippen LogP contribution >= 0.6 is 11.3 Å². The van der Waals surface area contributed by atoms with Crippen molar-refractivity contribution in [2.24, 2.45) is 5.41 Å². The van der Waals surface area contributed by atoms with E-state index in [1.165, 1.54) is 0 Å². The zero-order chi connectivity index (χ0) is 14.5. The van der Waals surface area contributed by atoms with Crippen molar-refractivity contribution in [3.05, 3.63) is 10.6 Å². The standard InChI is InChI=1S/C14H21N3O2S/c1-14(2)6-9-12(10(18)7-14)20-13(15-9)17-5-4-16(3)11(19)8-17/h10,18H,4-8H2,1-3H3. The van der Waals surface area contributed by atoms with E-state index in [9.17, 15) is 9.90 Å². The molecule has 1 aliphatic heterocycles. The van der Waals surface area contributed by atoms with Gasteiger partial charge in [0.15, 0.2) is 5.13 Å². The van der Waals surface area contributed by atoms with E-state index in [1.807, 2.05) is 11.9 Å². The maximum atomic E-state index is 11.8. The van der Waals surface area contributed by atoms with Crippen LogP contribution in [-0.4, -0.2) is 47.6 Å². The summed E-state index contributed by atoms with van der Waals surface area (Å²) in [5.74, 6) is 0.130. The highest BCUT2D eigenvalue weighted by Gasteiger charge is 2.35. The number of aliphatic hydroxyl groups excluding tert-OH is 1. The van der Waals surface area contributed by atoms with E-state index in [0.29, 0.717) is 6.54 Å². The average Bonchev–Trinajstić information content (AvgIpc) is 2.75. The first-order valence-electron chi connectivity index (χ1n) is 7.02. The first-order chi connectivity index (χ1) is 9.35. The van der Waals surface area contributed by atoms with Crippen LogP contribution in [0.2, 0.25) is 0 Å². The molecule has 1 aromatic rings. The number of aromatic nitrogens is 1. The number of hydrogen-bond donors (Lipinski definition) is 1. The van der Waals surface area contributed by atoms with E-state index in [-0.39, 0.29) is 11.3 Å². The summed E-state index contributed by atoms with van der Waals surface area (Å²) in [6.45, 7) is 6.27. The summed E-state index contributed by atoms with van der Waals surface area (Å²) in [6, 6.07) is 0. The van der Waals surface area contributed by atoms with Crippen molar-refractivity contribution in [3.63, 3.8) is 0 Å². The lowest BCUT2D eigenvalue weighted by Crippen LogP contribution is -2.48. The van der Waals surface area contributed by atoms with Crippen LogP contribution in [0.1, 0.15) is 36.9 Å². The van der Waals surface area contributed by atoms with Gasteiger partial charge in [-0.15, -0.1) is 0 Å². The molecule has 0 radical (unpaired) electrons. The van der Waals surface area contributed by atoms with Crippen molar-refractivity contribution in [1.82, 2.24) is 9.88 Å².